The topological polar surface area (TPSA) is 74.6 Å². The summed E-state index contributed by atoms with van der Waals surface area (Å²) in [5.74, 6) is 0.000218. The van der Waals surface area contributed by atoms with Crippen LogP contribution in [0.1, 0.15) is 84.0 Å². The summed E-state index contributed by atoms with van der Waals surface area (Å²) in [5.41, 5.74) is 0. The average molecular weight is 338 g/mol. The Balaban J connectivity index is 2.28. The fourth-order valence-corrected chi connectivity index (χ4v) is 3.50. The Hall–Kier alpha value is -1.16. The number of hydrogen-bond acceptors (Lipinski definition) is 3. The number of aliphatic hydroxyl groups excluding tert-OH is 1. The zero-order valence-corrected chi connectivity index (χ0v) is 15.1. The minimum Gasteiger partial charge on any atom is -0.481 e. The van der Waals surface area contributed by atoms with Crippen molar-refractivity contribution in [1.82, 2.24) is 0 Å². The van der Waals surface area contributed by atoms with Gasteiger partial charge in [-0.3, -0.25) is 9.59 Å². The molecule has 0 bridgehead atoms. The molecule has 1 rings (SSSR count). The molecule has 4 nitrogen and oxygen atoms in total. The van der Waals surface area contributed by atoms with Crippen molar-refractivity contribution in [2.75, 3.05) is 0 Å². The van der Waals surface area contributed by atoms with Crippen LogP contribution >= 0.6 is 0 Å². The third-order valence-corrected chi connectivity index (χ3v) is 4.99. The second kappa shape index (κ2) is 12.2. The van der Waals surface area contributed by atoms with Crippen LogP contribution in [0.3, 0.4) is 0 Å². The number of carboxylic acid groups (broad SMARTS) is 1. The largest absolute Gasteiger partial charge is 0.481 e. The van der Waals surface area contributed by atoms with Crippen LogP contribution in [0.25, 0.3) is 0 Å². The SMILES string of the molecule is CCCCC[C@H](O)/C=C\[C@@H]1CCC(=O)[C@@H]1CCCCCCC(=O)O. The van der Waals surface area contributed by atoms with Gasteiger partial charge in [-0.2, -0.15) is 0 Å². The molecular weight excluding hydrogens is 304 g/mol. The van der Waals surface area contributed by atoms with E-state index >= 15 is 0 Å². The van der Waals surface area contributed by atoms with Gasteiger partial charge in [0, 0.05) is 18.8 Å². The highest BCUT2D eigenvalue weighted by Gasteiger charge is 2.32. The maximum absolute atomic E-state index is 12.1. The highest BCUT2D eigenvalue weighted by Crippen LogP contribution is 2.34. The number of hydrogen-bond donors (Lipinski definition) is 2. The normalized spacial score (nSPS) is 22.3. The quantitative estimate of drug-likeness (QED) is 0.383. The number of aliphatic hydroxyl groups is 1. The van der Waals surface area contributed by atoms with E-state index in [0.29, 0.717) is 12.2 Å². The van der Waals surface area contributed by atoms with Gasteiger partial charge in [0.15, 0.2) is 0 Å². The van der Waals surface area contributed by atoms with E-state index in [1.165, 1.54) is 0 Å². The molecule has 4 heteroatoms. The molecule has 0 aromatic heterocycles. The maximum atomic E-state index is 12.1. The van der Waals surface area contributed by atoms with E-state index in [0.717, 1.165) is 64.2 Å². The highest BCUT2D eigenvalue weighted by molar-refractivity contribution is 5.83. The lowest BCUT2D eigenvalue weighted by Gasteiger charge is -2.15. The van der Waals surface area contributed by atoms with Crippen LogP contribution in [0, 0.1) is 11.8 Å². The van der Waals surface area contributed by atoms with Crippen LogP contribution in [0.15, 0.2) is 12.2 Å². The molecule has 0 aliphatic heterocycles. The lowest BCUT2D eigenvalue weighted by Crippen LogP contribution is -2.14. The zero-order chi connectivity index (χ0) is 17.8. The summed E-state index contributed by atoms with van der Waals surface area (Å²) in [7, 11) is 0. The molecule has 0 saturated heterocycles. The van der Waals surface area contributed by atoms with E-state index in [9.17, 15) is 14.7 Å². The number of aliphatic carboxylic acids is 1. The Kier molecular flexibility index (Phi) is 10.6. The third kappa shape index (κ3) is 8.62. The van der Waals surface area contributed by atoms with Gasteiger partial charge in [-0.05, 0) is 31.6 Å². The predicted octanol–water partition coefficient (Wildman–Crippen LogP) is 4.50. The van der Waals surface area contributed by atoms with Gasteiger partial charge in [0.2, 0.25) is 0 Å². The van der Waals surface area contributed by atoms with Gasteiger partial charge in [0.05, 0.1) is 6.10 Å². The maximum Gasteiger partial charge on any atom is 0.303 e. The van der Waals surface area contributed by atoms with E-state index in [2.05, 4.69) is 13.0 Å². The zero-order valence-electron chi connectivity index (χ0n) is 15.1. The van der Waals surface area contributed by atoms with E-state index in [-0.39, 0.29) is 24.4 Å². The van der Waals surface area contributed by atoms with Crippen molar-refractivity contribution >= 4 is 11.8 Å². The van der Waals surface area contributed by atoms with Crippen molar-refractivity contribution in [2.45, 2.75) is 90.1 Å². The summed E-state index contributed by atoms with van der Waals surface area (Å²) in [6.45, 7) is 2.15. The number of unbranched alkanes of at least 4 members (excludes halogenated alkanes) is 5. The van der Waals surface area contributed by atoms with Crippen LogP contribution in [0.2, 0.25) is 0 Å². The van der Waals surface area contributed by atoms with Crippen LogP contribution in [-0.4, -0.2) is 28.1 Å². The Morgan fingerprint density at radius 2 is 1.96 bits per heavy atom. The summed E-state index contributed by atoms with van der Waals surface area (Å²) in [5, 5.41) is 18.6. The van der Waals surface area contributed by atoms with Gasteiger partial charge < -0.3 is 10.2 Å². The van der Waals surface area contributed by atoms with Crippen molar-refractivity contribution in [3.63, 3.8) is 0 Å². The van der Waals surface area contributed by atoms with Crippen molar-refractivity contribution in [3.05, 3.63) is 12.2 Å². The fraction of sp³-hybridized carbons (Fsp3) is 0.800. The molecule has 2 N–H and O–H groups in total. The van der Waals surface area contributed by atoms with E-state index in [4.69, 9.17) is 5.11 Å². The molecule has 138 valence electrons. The molecule has 1 aliphatic carbocycles. The Morgan fingerprint density at radius 1 is 1.21 bits per heavy atom. The van der Waals surface area contributed by atoms with Gasteiger partial charge in [-0.15, -0.1) is 0 Å². The molecule has 24 heavy (non-hydrogen) atoms. The average Bonchev–Trinajstić information content (AvgIpc) is 2.89. The molecule has 0 aromatic rings. The third-order valence-electron chi connectivity index (χ3n) is 4.99. The molecule has 0 unspecified atom stereocenters. The van der Waals surface area contributed by atoms with Crippen molar-refractivity contribution < 1.29 is 19.8 Å². The van der Waals surface area contributed by atoms with Crippen LogP contribution in [-0.2, 0) is 9.59 Å². The molecule has 1 saturated carbocycles. The van der Waals surface area contributed by atoms with Gasteiger partial charge in [-0.1, -0.05) is 57.6 Å². The number of rotatable bonds is 13. The molecule has 1 fully saturated rings. The van der Waals surface area contributed by atoms with Crippen molar-refractivity contribution in [2.24, 2.45) is 11.8 Å². The van der Waals surface area contributed by atoms with Gasteiger partial charge >= 0.3 is 5.97 Å². The summed E-state index contributed by atoms with van der Waals surface area (Å²) < 4.78 is 0. The summed E-state index contributed by atoms with van der Waals surface area (Å²) in [6.07, 6.45) is 14.0. The predicted molar refractivity (Wildman–Crippen MR) is 95.8 cm³/mol. The van der Waals surface area contributed by atoms with Crippen molar-refractivity contribution in [1.29, 1.82) is 0 Å². The van der Waals surface area contributed by atoms with Crippen LogP contribution in [0.5, 0.6) is 0 Å². The van der Waals surface area contributed by atoms with Crippen LogP contribution in [0.4, 0.5) is 0 Å². The molecule has 0 radical (unpaired) electrons. The Morgan fingerprint density at radius 3 is 2.67 bits per heavy atom. The first-order valence-corrected chi connectivity index (χ1v) is 9.65. The molecule has 0 spiro atoms. The number of ketones is 1. The monoisotopic (exact) mass is 338 g/mol. The number of carboxylic acids is 1. The number of Topliss-reactive ketones (excluding diaryl/α,β-unsaturated/α-hetero) is 1. The summed E-state index contributed by atoms with van der Waals surface area (Å²) in [6, 6.07) is 0. The second-order valence-corrected chi connectivity index (χ2v) is 7.07. The molecule has 0 aromatic carbocycles. The van der Waals surface area contributed by atoms with Crippen LogP contribution < -0.4 is 0 Å². The smallest absolute Gasteiger partial charge is 0.303 e. The van der Waals surface area contributed by atoms with E-state index < -0.39 is 5.97 Å². The first-order chi connectivity index (χ1) is 11.5. The molecule has 3 atom stereocenters. The van der Waals surface area contributed by atoms with E-state index in [1.54, 1.807) is 0 Å². The highest BCUT2D eigenvalue weighted by atomic mass is 16.4. The molecule has 0 amide bonds. The molecule has 1 aliphatic rings. The lowest BCUT2D eigenvalue weighted by molar-refractivity contribution is -0.137. The molecule has 0 heterocycles. The van der Waals surface area contributed by atoms with Gasteiger partial charge in [0.25, 0.3) is 0 Å². The minimum absolute atomic E-state index is 0.101. The summed E-state index contributed by atoms with van der Waals surface area (Å²) in [4.78, 5) is 22.5. The lowest BCUT2D eigenvalue weighted by atomic mass is 9.89. The second-order valence-electron chi connectivity index (χ2n) is 7.07. The van der Waals surface area contributed by atoms with Gasteiger partial charge in [0.1, 0.15) is 5.78 Å². The Labute approximate surface area is 146 Å². The Bertz CT molecular complexity index is 402. The van der Waals surface area contributed by atoms with E-state index in [1.807, 2.05) is 6.08 Å². The number of carbonyl (C=O) groups is 2. The van der Waals surface area contributed by atoms with Crippen molar-refractivity contribution in [3.8, 4) is 0 Å². The first kappa shape index (κ1) is 20.9. The summed E-state index contributed by atoms with van der Waals surface area (Å²) >= 11 is 0. The minimum atomic E-state index is -0.733. The molecular formula is C20H34O4. The standard InChI is InChI=1S/C20H34O4/c1-2-3-6-9-17(21)14-12-16-13-15-19(22)18(16)10-7-4-5-8-11-20(23)24/h12,14,16-18,21H,2-11,13,15H2,1H3,(H,23,24)/b14-12-/t16-,17+,18-/m1/s1. The fourth-order valence-electron chi connectivity index (χ4n) is 3.50. The number of carbonyl (C=O) groups excluding carboxylic acids is 1. The van der Waals surface area contributed by atoms with Gasteiger partial charge in [-0.25, -0.2) is 0 Å². The number of allylic oxidation sites excluding steroid dienone is 1. The first-order valence-electron chi connectivity index (χ1n) is 9.65.